The molecule has 1 amide bonds. The summed E-state index contributed by atoms with van der Waals surface area (Å²) >= 11 is 3.43. The van der Waals surface area contributed by atoms with E-state index in [1.807, 2.05) is 30.7 Å². The number of nitrogens with one attached hydrogen (secondary N) is 1. The van der Waals surface area contributed by atoms with E-state index in [9.17, 15) is 9.90 Å². The van der Waals surface area contributed by atoms with Gasteiger partial charge in [0.25, 0.3) is 5.91 Å². The van der Waals surface area contributed by atoms with Crippen LogP contribution in [0.5, 0.6) is 0 Å². The molecule has 4 nitrogen and oxygen atoms in total. The molecule has 1 aliphatic carbocycles. The summed E-state index contributed by atoms with van der Waals surface area (Å²) in [5.41, 5.74) is 0.186. The minimum atomic E-state index is -0.456. The molecule has 118 valence electrons. The van der Waals surface area contributed by atoms with Crippen LogP contribution in [0.2, 0.25) is 0 Å². The first-order valence-corrected chi connectivity index (χ1v) is 8.47. The summed E-state index contributed by atoms with van der Waals surface area (Å²) in [5, 5.41) is 12.9. The second-order valence-electron chi connectivity index (χ2n) is 6.62. The molecule has 0 aliphatic heterocycles. The number of aliphatic hydroxyl groups excluding tert-OH is 1. The molecule has 5 heteroatoms. The van der Waals surface area contributed by atoms with Gasteiger partial charge in [0.05, 0.1) is 12.1 Å². The Labute approximate surface area is 135 Å². The van der Waals surface area contributed by atoms with E-state index in [0.29, 0.717) is 11.6 Å². The van der Waals surface area contributed by atoms with Crippen LogP contribution >= 0.6 is 15.9 Å². The van der Waals surface area contributed by atoms with Gasteiger partial charge in [-0.1, -0.05) is 6.92 Å². The van der Waals surface area contributed by atoms with E-state index >= 15 is 0 Å². The molecule has 1 aliphatic rings. The van der Waals surface area contributed by atoms with Crippen molar-refractivity contribution in [3.8, 4) is 0 Å². The van der Waals surface area contributed by atoms with E-state index in [1.54, 1.807) is 0 Å². The number of hydrogen-bond donors (Lipinski definition) is 2. The molecule has 1 aromatic rings. The summed E-state index contributed by atoms with van der Waals surface area (Å²) in [4.78, 5) is 12.6. The molecule has 21 heavy (non-hydrogen) atoms. The van der Waals surface area contributed by atoms with Gasteiger partial charge in [-0.05, 0) is 67.4 Å². The van der Waals surface area contributed by atoms with Crippen molar-refractivity contribution in [2.75, 3.05) is 6.61 Å². The lowest BCUT2D eigenvalue weighted by Gasteiger charge is -2.38. The molecule has 0 saturated heterocycles. The van der Waals surface area contributed by atoms with Gasteiger partial charge in [0.1, 0.15) is 5.69 Å². The van der Waals surface area contributed by atoms with E-state index in [1.165, 1.54) is 0 Å². The predicted molar refractivity (Wildman–Crippen MR) is 87.4 cm³/mol. The number of carbonyl (C=O) groups excluding carboxylic acids is 1. The molecule has 0 bridgehead atoms. The van der Waals surface area contributed by atoms with E-state index in [2.05, 4.69) is 28.2 Å². The van der Waals surface area contributed by atoms with Crippen LogP contribution in [-0.2, 0) is 0 Å². The van der Waals surface area contributed by atoms with Gasteiger partial charge in [-0.3, -0.25) is 4.79 Å². The number of aromatic nitrogens is 1. The summed E-state index contributed by atoms with van der Waals surface area (Å²) in [7, 11) is 0. The quantitative estimate of drug-likeness (QED) is 0.867. The van der Waals surface area contributed by atoms with Crippen LogP contribution in [0.3, 0.4) is 0 Å². The van der Waals surface area contributed by atoms with Crippen LogP contribution in [0.25, 0.3) is 0 Å². The first kappa shape index (κ1) is 16.6. The Morgan fingerprint density at radius 1 is 1.52 bits per heavy atom. The fraction of sp³-hybridized carbons (Fsp3) is 0.688. The third-order valence-corrected chi connectivity index (χ3v) is 4.95. The number of halogens is 1. The molecule has 0 unspecified atom stereocenters. The van der Waals surface area contributed by atoms with Crippen molar-refractivity contribution in [3.05, 3.63) is 22.4 Å². The third kappa shape index (κ3) is 3.69. The molecule has 0 atom stereocenters. The largest absolute Gasteiger partial charge is 0.394 e. The van der Waals surface area contributed by atoms with Crippen molar-refractivity contribution < 1.29 is 9.90 Å². The first-order valence-electron chi connectivity index (χ1n) is 7.67. The molecule has 2 N–H and O–H groups in total. The summed E-state index contributed by atoms with van der Waals surface area (Å²) in [6.07, 6.45) is 5.72. The van der Waals surface area contributed by atoms with Gasteiger partial charge in [-0.25, -0.2) is 0 Å². The minimum absolute atomic E-state index is 0.00895. The van der Waals surface area contributed by atoms with Gasteiger partial charge in [-0.2, -0.15) is 0 Å². The van der Waals surface area contributed by atoms with Crippen molar-refractivity contribution in [1.82, 2.24) is 9.88 Å². The standard InChI is InChI=1S/C16H25BrN2O2/c1-11(2)19-9-13(17)8-14(19)15(21)18-16(10-20)6-4-12(3)5-7-16/h8-9,11-12,20H,4-7,10H2,1-3H3,(H,18,21). The van der Waals surface area contributed by atoms with Crippen LogP contribution in [-0.4, -0.2) is 27.7 Å². The second kappa shape index (κ2) is 6.53. The Hall–Kier alpha value is -0.810. The summed E-state index contributed by atoms with van der Waals surface area (Å²) in [6, 6.07) is 2.06. The van der Waals surface area contributed by atoms with Crippen molar-refractivity contribution >= 4 is 21.8 Å². The van der Waals surface area contributed by atoms with Gasteiger partial charge in [0, 0.05) is 16.7 Å². The van der Waals surface area contributed by atoms with Crippen LogP contribution in [0, 0.1) is 5.92 Å². The van der Waals surface area contributed by atoms with Crippen LogP contribution in [0.4, 0.5) is 0 Å². The molecule has 1 saturated carbocycles. The Bertz CT molecular complexity index is 502. The number of carbonyl (C=O) groups is 1. The van der Waals surface area contributed by atoms with Crippen molar-refractivity contribution in [2.45, 2.75) is 58.0 Å². The van der Waals surface area contributed by atoms with Gasteiger partial charge >= 0.3 is 0 Å². The molecular weight excluding hydrogens is 332 g/mol. The zero-order valence-electron chi connectivity index (χ0n) is 13.0. The number of aliphatic hydroxyl groups is 1. The number of nitrogens with zero attached hydrogens (tertiary/aromatic N) is 1. The molecule has 2 rings (SSSR count). The minimum Gasteiger partial charge on any atom is -0.394 e. The fourth-order valence-corrected chi connectivity index (χ4v) is 3.43. The van der Waals surface area contributed by atoms with Crippen LogP contribution < -0.4 is 5.32 Å². The molecule has 0 spiro atoms. The normalized spacial score (nSPS) is 26.1. The maximum atomic E-state index is 12.6. The highest BCUT2D eigenvalue weighted by Gasteiger charge is 2.35. The lowest BCUT2D eigenvalue weighted by atomic mass is 9.77. The van der Waals surface area contributed by atoms with Crippen LogP contribution in [0.15, 0.2) is 16.7 Å². The van der Waals surface area contributed by atoms with Crippen LogP contribution in [0.1, 0.15) is 63.0 Å². The number of hydrogen-bond acceptors (Lipinski definition) is 2. The average Bonchev–Trinajstić information content (AvgIpc) is 2.84. The number of amides is 1. The monoisotopic (exact) mass is 356 g/mol. The zero-order chi connectivity index (χ0) is 15.6. The Morgan fingerprint density at radius 3 is 2.67 bits per heavy atom. The highest BCUT2D eigenvalue weighted by Crippen LogP contribution is 2.32. The van der Waals surface area contributed by atoms with E-state index in [4.69, 9.17) is 0 Å². The molecule has 0 aromatic carbocycles. The molecule has 1 aromatic heterocycles. The molecular formula is C16H25BrN2O2. The maximum Gasteiger partial charge on any atom is 0.268 e. The fourth-order valence-electron chi connectivity index (χ4n) is 3.00. The predicted octanol–water partition coefficient (Wildman–Crippen LogP) is 3.50. The smallest absolute Gasteiger partial charge is 0.268 e. The highest BCUT2D eigenvalue weighted by atomic mass is 79.9. The van der Waals surface area contributed by atoms with Gasteiger partial charge < -0.3 is 15.0 Å². The average molecular weight is 357 g/mol. The van der Waals surface area contributed by atoms with Gasteiger partial charge in [0.2, 0.25) is 0 Å². The first-order chi connectivity index (χ1) is 9.87. The Balaban J connectivity index is 2.17. The zero-order valence-corrected chi connectivity index (χ0v) is 14.6. The second-order valence-corrected chi connectivity index (χ2v) is 7.54. The molecule has 1 heterocycles. The highest BCUT2D eigenvalue weighted by molar-refractivity contribution is 9.10. The SMILES string of the molecule is CC1CCC(CO)(NC(=O)c2cc(Br)cn2C(C)C)CC1. The Kier molecular flexibility index (Phi) is 5.15. The molecule has 0 radical (unpaired) electrons. The van der Waals surface area contributed by atoms with Crippen molar-refractivity contribution in [1.29, 1.82) is 0 Å². The molecule has 1 fully saturated rings. The number of rotatable bonds is 4. The van der Waals surface area contributed by atoms with Crippen molar-refractivity contribution in [3.63, 3.8) is 0 Å². The van der Waals surface area contributed by atoms with Gasteiger partial charge in [-0.15, -0.1) is 0 Å². The summed E-state index contributed by atoms with van der Waals surface area (Å²) < 4.78 is 2.85. The lowest BCUT2D eigenvalue weighted by Crippen LogP contribution is -2.53. The van der Waals surface area contributed by atoms with E-state index in [0.717, 1.165) is 30.2 Å². The van der Waals surface area contributed by atoms with Gasteiger partial charge in [0.15, 0.2) is 0 Å². The third-order valence-electron chi connectivity index (χ3n) is 4.52. The summed E-state index contributed by atoms with van der Waals surface area (Å²) in [6.45, 7) is 6.33. The summed E-state index contributed by atoms with van der Waals surface area (Å²) in [5.74, 6) is 0.577. The lowest BCUT2D eigenvalue weighted by molar-refractivity contribution is 0.0708. The van der Waals surface area contributed by atoms with E-state index in [-0.39, 0.29) is 18.6 Å². The maximum absolute atomic E-state index is 12.6. The van der Waals surface area contributed by atoms with E-state index < -0.39 is 5.54 Å². The van der Waals surface area contributed by atoms with Crippen molar-refractivity contribution in [2.24, 2.45) is 5.92 Å². The Morgan fingerprint density at radius 2 is 2.14 bits per heavy atom. The topological polar surface area (TPSA) is 54.3 Å².